The number of nitrogens with zero attached hydrogens (tertiary/aromatic N) is 3. The molecule has 54 heavy (non-hydrogen) atoms. The highest BCUT2D eigenvalue weighted by atomic mass is 32.2. The zero-order valence-corrected chi connectivity index (χ0v) is 30.3. The van der Waals surface area contributed by atoms with Crippen LogP contribution in [0.3, 0.4) is 0 Å². The molecule has 1 unspecified atom stereocenters. The minimum Gasteiger partial charge on any atom is -0.456 e. The van der Waals surface area contributed by atoms with Crippen molar-refractivity contribution < 1.29 is 4.42 Å². The van der Waals surface area contributed by atoms with E-state index in [4.69, 9.17) is 19.4 Å². The number of thioether (sulfide) groups is 1. The van der Waals surface area contributed by atoms with Gasteiger partial charge in [-0.1, -0.05) is 152 Å². The lowest BCUT2D eigenvalue weighted by molar-refractivity contribution is 0.669. The van der Waals surface area contributed by atoms with E-state index in [1.165, 1.54) is 40.2 Å². The van der Waals surface area contributed by atoms with Crippen molar-refractivity contribution in [2.24, 2.45) is 0 Å². The van der Waals surface area contributed by atoms with Crippen LogP contribution < -0.4 is 0 Å². The van der Waals surface area contributed by atoms with Gasteiger partial charge in [-0.05, 0) is 75.2 Å². The fourth-order valence-electron chi connectivity index (χ4n) is 7.59. The molecule has 1 atom stereocenters. The summed E-state index contributed by atoms with van der Waals surface area (Å²) in [6.45, 7) is 0. The van der Waals surface area contributed by atoms with Crippen LogP contribution in [0.1, 0.15) is 17.9 Å². The van der Waals surface area contributed by atoms with Crippen LogP contribution in [0.25, 0.3) is 89.5 Å². The number of hydrogen-bond donors (Lipinski definition) is 0. The maximum Gasteiger partial charge on any atom is 0.164 e. The summed E-state index contributed by atoms with van der Waals surface area (Å²) in [5, 5.41) is 2.16. The first kappa shape index (κ1) is 32.4. The van der Waals surface area contributed by atoms with E-state index in [1.54, 1.807) is 0 Å². The summed E-state index contributed by atoms with van der Waals surface area (Å²) in [5.74, 6) is 4.93. The van der Waals surface area contributed by atoms with Crippen molar-refractivity contribution >= 4 is 33.7 Å². The van der Waals surface area contributed by atoms with E-state index >= 15 is 0 Å². The molecule has 2 aromatic heterocycles. The summed E-state index contributed by atoms with van der Waals surface area (Å²) < 4.78 is 6.54. The molecule has 0 aliphatic carbocycles. The molecular weight excluding hydrogens is 679 g/mol. The summed E-state index contributed by atoms with van der Waals surface area (Å²) in [6, 6.07) is 59.6. The molecular formula is C49H35N3OS. The van der Waals surface area contributed by atoms with Gasteiger partial charge in [-0.25, -0.2) is 15.0 Å². The molecule has 0 radical (unpaired) electrons. The molecule has 7 aromatic carbocycles. The Labute approximate surface area is 318 Å². The maximum atomic E-state index is 6.54. The Balaban J connectivity index is 1.05. The van der Waals surface area contributed by atoms with Gasteiger partial charge in [0, 0.05) is 33.2 Å². The van der Waals surface area contributed by atoms with E-state index in [9.17, 15) is 0 Å². The monoisotopic (exact) mass is 713 g/mol. The van der Waals surface area contributed by atoms with Gasteiger partial charge in [-0.3, -0.25) is 0 Å². The highest BCUT2D eigenvalue weighted by molar-refractivity contribution is 7.99. The van der Waals surface area contributed by atoms with Gasteiger partial charge in [-0.15, -0.1) is 0 Å². The summed E-state index contributed by atoms with van der Waals surface area (Å²) in [7, 11) is 0. The van der Waals surface area contributed by atoms with Crippen LogP contribution >= 0.6 is 11.8 Å². The first-order valence-corrected chi connectivity index (χ1v) is 19.6. The van der Waals surface area contributed by atoms with Crippen molar-refractivity contribution in [3.8, 4) is 67.5 Å². The van der Waals surface area contributed by atoms with E-state index in [-0.39, 0.29) is 0 Å². The lowest BCUT2D eigenvalue weighted by Gasteiger charge is -2.11. The second kappa shape index (κ2) is 13.9. The van der Waals surface area contributed by atoms with E-state index < -0.39 is 0 Å². The van der Waals surface area contributed by atoms with Crippen molar-refractivity contribution in [1.29, 1.82) is 0 Å². The molecule has 1 aliphatic heterocycles. The molecule has 4 nitrogen and oxygen atoms in total. The normalized spacial score (nSPS) is 14.2. The van der Waals surface area contributed by atoms with Crippen LogP contribution in [0.2, 0.25) is 0 Å². The quantitative estimate of drug-likeness (QED) is 0.165. The number of hydrogen-bond acceptors (Lipinski definition) is 5. The lowest BCUT2D eigenvalue weighted by atomic mass is 9.96. The van der Waals surface area contributed by atoms with E-state index in [1.807, 2.05) is 30.0 Å². The highest BCUT2D eigenvalue weighted by Gasteiger charge is 2.19. The predicted molar refractivity (Wildman–Crippen MR) is 224 cm³/mol. The summed E-state index contributed by atoms with van der Waals surface area (Å²) in [5.41, 5.74) is 12.8. The molecule has 0 saturated carbocycles. The minimum absolute atomic E-state index is 0.609. The molecule has 1 aliphatic rings. The SMILES string of the molecule is c1ccc(-c2ccc(-c3nc(-c4ccc(C5CCSC5)cc4)nc(-c4ccc5c(c4)oc4cccc(-c6ccc(-c7ccccc7)cc6)c45)n3)cc2)cc1. The van der Waals surface area contributed by atoms with Crippen molar-refractivity contribution in [3.63, 3.8) is 0 Å². The van der Waals surface area contributed by atoms with E-state index in [2.05, 4.69) is 152 Å². The van der Waals surface area contributed by atoms with Gasteiger partial charge in [0.05, 0.1) is 0 Å². The molecule has 0 spiro atoms. The molecule has 1 saturated heterocycles. The summed E-state index contributed by atoms with van der Waals surface area (Å²) in [4.78, 5) is 15.2. The van der Waals surface area contributed by atoms with Crippen molar-refractivity contribution in [2.75, 3.05) is 11.5 Å². The molecule has 10 rings (SSSR count). The van der Waals surface area contributed by atoms with Gasteiger partial charge in [0.1, 0.15) is 11.2 Å². The minimum atomic E-state index is 0.609. The lowest BCUT2D eigenvalue weighted by Crippen LogP contribution is -2.01. The Morgan fingerprint density at radius 1 is 0.444 bits per heavy atom. The van der Waals surface area contributed by atoms with E-state index in [0.717, 1.165) is 55.3 Å². The number of rotatable bonds is 7. The fourth-order valence-corrected chi connectivity index (χ4v) is 8.85. The molecule has 0 amide bonds. The molecule has 0 bridgehead atoms. The molecule has 258 valence electrons. The van der Waals surface area contributed by atoms with Gasteiger partial charge in [0.2, 0.25) is 0 Å². The predicted octanol–water partition coefficient (Wildman–Crippen LogP) is 13.0. The number of furan rings is 1. The Hall–Kier alpha value is -6.30. The third-order valence-corrected chi connectivity index (χ3v) is 11.7. The van der Waals surface area contributed by atoms with Crippen LogP contribution in [0.5, 0.6) is 0 Å². The van der Waals surface area contributed by atoms with Gasteiger partial charge in [0.25, 0.3) is 0 Å². The standard InChI is InChI=1S/C49H35N3OS/c1-3-8-32(9-4-1)34-14-20-37(21-15-34)42-12-7-13-44-46(42)43-27-26-40(30-45(43)53-44)49-51-47(38-22-16-35(17-23-38)33-10-5-2-6-11-33)50-48(52-49)39-24-18-36(19-25-39)41-28-29-54-31-41/h1-27,30,41H,28-29,31H2. The molecule has 9 aromatic rings. The van der Waals surface area contributed by atoms with Gasteiger partial charge < -0.3 is 4.42 Å². The Kier molecular flexibility index (Phi) is 8.34. The molecule has 1 fully saturated rings. The van der Waals surface area contributed by atoms with Crippen LogP contribution in [-0.4, -0.2) is 26.5 Å². The third-order valence-electron chi connectivity index (χ3n) is 10.5. The van der Waals surface area contributed by atoms with Crippen LogP contribution in [-0.2, 0) is 0 Å². The average Bonchev–Trinajstić information content (AvgIpc) is 3.93. The largest absolute Gasteiger partial charge is 0.456 e. The van der Waals surface area contributed by atoms with Gasteiger partial charge in [-0.2, -0.15) is 11.8 Å². The van der Waals surface area contributed by atoms with Crippen LogP contribution in [0.4, 0.5) is 0 Å². The molecule has 0 N–H and O–H groups in total. The highest BCUT2D eigenvalue weighted by Crippen LogP contribution is 2.39. The number of fused-ring (bicyclic) bond motifs is 3. The molecule has 5 heteroatoms. The Morgan fingerprint density at radius 3 is 1.56 bits per heavy atom. The number of aromatic nitrogens is 3. The van der Waals surface area contributed by atoms with Crippen LogP contribution in [0, 0.1) is 0 Å². The second-order valence-corrected chi connectivity index (χ2v) is 15.0. The third kappa shape index (κ3) is 6.17. The second-order valence-electron chi connectivity index (χ2n) is 13.9. The average molecular weight is 714 g/mol. The summed E-state index contributed by atoms with van der Waals surface area (Å²) in [6.07, 6.45) is 1.23. The first-order valence-electron chi connectivity index (χ1n) is 18.4. The van der Waals surface area contributed by atoms with Gasteiger partial charge >= 0.3 is 0 Å². The smallest absolute Gasteiger partial charge is 0.164 e. The van der Waals surface area contributed by atoms with E-state index in [0.29, 0.717) is 23.4 Å². The van der Waals surface area contributed by atoms with Crippen molar-refractivity contribution in [2.45, 2.75) is 12.3 Å². The fraction of sp³-hybridized carbons (Fsp3) is 0.0816. The maximum absolute atomic E-state index is 6.54. The summed E-state index contributed by atoms with van der Waals surface area (Å²) >= 11 is 2.04. The van der Waals surface area contributed by atoms with Crippen molar-refractivity contribution in [3.05, 3.63) is 175 Å². The first-order chi connectivity index (χ1) is 26.7. The van der Waals surface area contributed by atoms with Crippen LogP contribution in [0.15, 0.2) is 174 Å². The molecule has 3 heterocycles. The van der Waals surface area contributed by atoms with Crippen molar-refractivity contribution in [1.82, 2.24) is 15.0 Å². The van der Waals surface area contributed by atoms with Gasteiger partial charge in [0.15, 0.2) is 17.5 Å². The Bertz CT molecular complexity index is 2740. The zero-order valence-electron chi connectivity index (χ0n) is 29.5. The number of benzene rings is 7. The zero-order chi connectivity index (χ0) is 35.8. The topological polar surface area (TPSA) is 51.8 Å². The Morgan fingerprint density at radius 2 is 0.963 bits per heavy atom.